The lowest BCUT2D eigenvalue weighted by atomic mass is 10.3. The Hall–Kier alpha value is -0.900. The van der Waals surface area contributed by atoms with Crippen molar-refractivity contribution < 1.29 is 4.57 Å². The van der Waals surface area contributed by atoms with Gasteiger partial charge in [-0.2, -0.15) is 4.57 Å². The van der Waals surface area contributed by atoms with Gasteiger partial charge in [-0.05, 0) is 25.1 Å². The minimum atomic E-state index is 0.743. The molecule has 90 valence electrons. The number of aryl methyl sites for hydroxylation is 1. The highest BCUT2D eigenvalue weighted by Gasteiger charge is 2.17. The second-order valence-corrected chi connectivity index (χ2v) is 5.40. The fourth-order valence-electron chi connectivity index (χ4n) is 1.87. The highest BCUT2D eigenvalue weighted by molar-refractivity contribution is 7.18. The van der Waals surface area contributed by atoms with Crippen molar-refractivity contribution in [3.63, 3.8) is 0 Å². The van der Waals surface area contributed by atoms with Gasteiger partial charge in [0.25, 0.3) is 5.01 Å². The molecule has 0 aliphatic rings. The zero-order valence-corrected chi connectivity index (χ0v) is 11.2. The summed E-state index contributed by atoms with van der Waals surface area (Å²) in [5.74, 6) is 0. The summed E-state index contributed by atoms with van der Waals surface area (Å²) in [6, 6.07) is 6.01. The number of benzene rings is 1. The van der Waals surface area contributed by atoms with Crippen LogP contribution in [0.5, 0.6) is 0 Å². The molecule has 2 N–H and O–H groups in total. The number of thiazole rings is 1. The summed E-state index contributed by atoms with van der Waals surface area (Å²) in [7, 11) is 0. The molecular formula is C13H16ClN2S+. The fraction of sp³-hybridized carbons (Fsp3) is 0.308. The maximum atomic E-state index is 6.05. The average Bonchev–Trinajstić information content (AvgIpc) is 2.67. The molecule has 0 saturated carbocycles. The summed E-state index contributed by atoms with van der Waals surface area (Å²) >= 11 is 7.80. The molecule has 0 amide bonds. The van der Waals surface area contributed by atoms with Crippen molar-refractivity contribution in [3.8, 4) is 0 Å². The van der Waals surface area contributed by atoms with Crippen molar-refractivity contribution >= 4 is 39.2 Å². The highest BCUT2D eigenvalue weighted by atomic mass is 35.5. The zero-order chi connectivity index (χ0) is 12.3. The summed E-state index contributed by atoms with van der Waals surface area (Å²) in [4.78, 5) is 0. The standard InChI is InChI=1S/C13H16ClN2S/c1-2-13-16(8-4-3-7-15)11-9-10(14)5-6-12(11)17-13/h2,5-6,9H,1,3-4,7-8,15H2/q+1. The summed E-state index contributed by atoms with van der Waals surface area (Å²) in [5.41, 5.74) is 6.72. The van der Waals surface area contributed by atoms with E-state index in [1.807, 2.05) is 18.2 Å². The first-order chi connectivity index (χ1) is 8.26. The van der Waals surface area contributed by atoms with Gasteiger partial charge in [-0.3, -0.25) is 0 Å². The van der Waals surface area contributed by atoms with Gasteiger partial charge in [-0.1, -0.05) is 29.5 Å². The number of rotatable bonds is 5. The first kappa shape index (κ1) is 12.6. The number of nitrogens with zero attached hydrogens (tertiary/aromatic N) is 1. The van der Waals surface area contributed by atoms with Gasteiger partial charge in [-0.25, -0.2) is 0 Å². The normalized spacial score (nSPS) is 10.9. The molecule has 2 aromatic rings. The van der Waals surface area contributed by atoms with Gasteiger partial charge >= 0.3 is 0 Å². The van der Waals surface area contributed by atoms with Crippen LogP contribution in [0.25, 0.3) is 16.3 Å². The van der Waals surface area contributed by atoms with E-state index in [4.69, 9.17) is 17.3 Å². The van der Waals surface area contributed by atoms with E-state index in [2.05, 4.69) is 17.2 Å². The Morgan fingerprint density at radius 3 is 2.94 bits per heavy atom. The molecule has 0 aliphatic heterocycles. The van der Waals surface area contributed by atoms with Crippen LogP contribution in [0, 0.1) is 0 Å². The molecule has 0 fully saturated rings. The van der Waals surface area contributed by atoms with Crippen LogP contribution in [0.1, 0.15) is 17.8 Å². The van der Waals surface area contributed by atoms with Crippen molar-refractivity contribution in [2.75, 3.05) is 6.54 Å². The smallest absolute Gasteiger partial charge is 0.262 e. The lowest BCUT2D eigenvalue weighted by molar-refractivity contribution is -0.669. The Balaban J connectivity index is 2.41. The number of nitrogens with two attached hydrogens (primary N) is 1. The summed E-state index contributed by atoms with van der Waals surface area (Å²) in [5, 5.41) is 1.96. The minimum absolute atomic E-state index is 0.743. The molecule has 1 heterocycles. The lowest BCUT2D eigenvalue weighted by Crippen LogP contribution is -2.35. The first-order valence-electron chi connectivity index (χ1n) is 5.70. The van der Waals surface area contributed by atoms with Gasteiger partial charge in [0.1, 0.15) is 4.70 Å². The number of fused-ring (bicyclic) bond motifs is 1. The summed E-state index contributed by atoms with van der Waals surface area (Å²) in [6.07, 6.45) is 4.03. The van der Waals surface area contributed by atoms with Gasteiger partial charge in [-0.15, -0.1) is 0 Å². The molecule has 2 nitrogen and oxygen atoms in total. The Bertz CT molecular complexity index is 533. The van der Waals surface area contributed by atoms with Crippen LogP contribution >= 0.6 is 22.9 Å². The lowest BCUT2D eigenvalue weighted by Gasteiger charge is -1.96. The Morgan fingerprint density at radius 2 is 2.24 bits per heavy atom. The van der Waals surface area contributed by atoms with Crippen molar-refractivity contribution in [3.05, 3.63) is 34.8 Å². The molecule has 1 aromatic carbocycles. The molecule has 0 spiro atoms. The van der Waals surface area contributed by atoms with Crippen molar-refractivity contribution in [1.29, 1.82) is 0 Å². The van der Waals surface area contributed by atoms with Crippen LogP contribution in [0.2, 0.25) is 5.02 Å². The molecule has 0 atom stereocenters. The van der Waals surface area contributed by atoms with Gasteiger partial charge in [0.05, 0.1) is 0 Å². The minimum Gasteiger partial charge on any atom is -0.330 e. The molecule has 1 aromatic heterocycles. The number of halogens is 1. The summed E-state index contributed by atoms with van der Waals surface area (Å²) < 4.78 is 3.52. The Morgan fingerprint density at radius 1 is 1.41 bits per heavy atom. The Kier molecular flexibility index (Phi) is 4.15. The summed E-state index contributed by atoms with van der Waals surface area (Å²) in [6.45, 7) is 5.58. The molecule has 0 saturated heterocycles. The quantitative estimate of drug-likeness (QED) is 0.654. The molecule has 17 heavy (non-hydrogen) atoms. The van der Waals surface area contributed by atoms with Crippen LogP contribution in [0.3, 0.4) is 0 Å². The highest BCUT2D eigenvalue weighted by Crippen LogP contribution is 2.24. The van der Waals surface area contributed by atoms with E-state index in [1.165, 1.54) is 15.2 Å². The SMILES string of the molecule is C=Cc1sc2ccc(Cl)cc2[n+]1CCCCN. The molecule has 4 heteroatoms. The maximum Gasteiger partial charge on any atom is 0.262 e. The number of hydrogen-bond donors (Lipinski definition) is 1. The van der Waals surface area contributed by atoms with Crippen LogP contribution in [-0.2, 0) is 6.54 Å². The number of hydrogen-bond acceptors (Lipinski definition) is 2. The van der Waals surface area contributed by atoms with Gasteiger partial charge in [0, 0.05) is 23.6 Å². The van der Waals surface area contributed by atoms with Crippen molar-refractivity contribution in [2.45, 2.75) is 19.4 Å². The van der Waals surface area contributed by atoms with E-state index >= 15 is 0 Å². The van der Waals surface area contributed by atoms with Crippen LogP contribution in [-0.4, -0.2) is 6.54 Å². The van der Waals surface area contributed by atoms with E-state index in [-0.39, 0.29) is 0 Å². The predicted molar refractivity (Wildman–Crippen MR) is 75.4 cm³/mol. The molecule has 0 unspecified atom stereocenters. The van der Waals surface area contributed by atoms with Crippen LogP contribution in [0.15, 0.2) is 24.8 Å². The van der Waals surface area contributed by atoms with Crippen molar-refractivity contribution in [1.82, 2.24) is 0 Å². The second kappa shape index (κ2) is 5.63. The first-order valence-corrected chi connectivity index (χ1v) is 6.90. The third-order valence-electron chi connectivity index (χ3n) is 2.70. The van der Waals surface area contributed by atoms with Crippen LogP contribution in [0.4, 0.5) is 0 Å². The van der Waals surface area contributed by atoms with E-state index in [0.29, 0.717) is 0 Å². The van der Waals surface area contributed by atoms with E-state index in [0.717, 1.165) is 31.0 Å². The third-order valence-corrected chi connectivity index (χ3v) is 4.10. The molecule has 2 rings (SSSR count). The zero-order valence-electron chi connectivity index (χ0n) is 9.66. The van der Waals surface area contributed by atoms with E-state index in [9.17, 15) is 0 Å². The second-order valence-electron chi connectivity index (χ2n) is 3.90. The monoisotopic (exact) mass is 267 g/mol. The maximum absolute atomic E-state index is 6.05. The molecular weight excluding hydrogens is 252 g/mol. The van der Waals surface area contributed by atoms with Crippen molar-refractivity contribution in [2.24, 2.45) is 5.73 Å². The van der Waals surface area contributed by atoms with Gasteiger partial charge in [0.15, 0.2) is 6.54 Å². The number of aromatic nitrogens is 1. The molecule has 0 aliphatic carbocycles. The average molecular weight is 268 g/mol. The largest absolute Gasteiger partial charge is 0.330 e. The Labute approximate surface area is 110 Å². The third kappa shape index (κ3) is 2.68. The molecule has 0 bridgehead atoms. The van der Waals surface area contributed by atoms with E-state index in [1.54, 1.807) is 11.3 Å². The fourth-order valence-corrected chi connectivity index (χ4v) is 3.06. The molecule has 0 radical (unpaired) electrons. The van der Waals surface area contributed by atoms with E-state index < -0.39 is 0 Å². The number of unbranched alkanes of at least 4 members (excludes halogenated alkanes) is 1. The van der Waals surface area contributed by atoms with Crippen LogP contribution < -0.4 is 10.3 Å². The van der Waals surface area contributed by atoms with Gasteiger partial charge in [0.2, 0.25) is 5.52 Å². The van der Waals surface area contributed by atoms with Gasteiger partial charge < -0.3 is 5.73 Å². The topological polar surface area (TPSA) is 29.9 Å². The predicted octanol–water partition coefficient (Wildman–Crippen LogP) is 3.22.